The van der Waals surface area contributed by atoms with Crippen LogP contribution >= 0.6 is 0 Å². The summed E-state index contributed by atoms with van der Waals surface area (Å²) in [5.41, 5.74) is 0.102. The minimum atomic E-state index is -0.589. The summed E-state index contributed by atoms with van der Waals surface area (Å²) >= 11 is 0. The van der Waals surface area contributed by atoms with Crippen LogP contribution in [0.1, 0.15) is 32.6 Å². The molecule has 0 aromatic heterocycles. The van der Waals surface area contributed by atoms with Gasteiger partial charge >= 0.3 is 0 Å². The molecule has 2 N–H and O–H groups in total. The highest BCUT2D eigenvalue weighted by molar-refractivity contribution is 6.06. The average Bonchev–Trinajstić information content (AvgIpc) is 2.57. The molecule has 0 spiro atoms. The van der Waals surface area contributed by atoms with Crippen molar-refractivity contribution in [3.8, 4) is 6.07 Å². The molecule has 1 aromatic carbocycles. The molecule has 126 valence electrons. The van der Waals surface area contributed by atoms with Crippen molar-refractivity contribution in [2.45, 2.75) is 38.6 Å². The number of hydrogen-bond acceptors (Lipinski definition) is 5. The van der Waals surface area contributed by atoms with Crippen LogP contribution in [0.25, 0.3) is 0 Å². The summed E-state index contributed by atoms with van der Waals surface area (Å²) in [6.07, 6.45) is 5.94. The Morgan fingerprint density at radius 1 is 1.42 bits per heavy atom. The fraction of sp³-hybridized carbons (Fsp3) is 0.412. The highest BCUT2D eigenvalue weighted by atomic mass is 16.6. The first kappa shape index (κ1) is 17.5. The fourth-order valence-corrected chi connectivity index (χ4v) is 2.80. The van der Waals surface area contributed by atoms with Crippen LogP contribution in [0, 0.1) is 27.4 Å². The molecule has 0 bridgehead atoms. The molecule has 0 heterocycles. The third kappa shape index (κ3) is 4.56. The molecule has 7 heteroatoms. The van der Waals surface area contributed by atoms with E-state index >= 15 is 0 Å². The van der Waals surface area contributed by atoms with E-state index < -0.39 is 10.8 Å². The van der Waals surface area contributed by atoms with Gasteiger partial charge < -0.3 is 10.6 Å². The van der Waals surface area contributed by atoms with E-state index in [4.69, 9.17) is 0 Å². The van der Waals surface area contributed by atoms with Gasteiger partial charge in [-0.15, -0.1) is 0 Å². The molecule has 1 aliphatic carbocycles. The van der Waals surface area contributed by atoms with E-state index in [-0.39, 0.29) is 23.0 Å². The molecule has 1 aliphatic rings. The summed E-state index contributed by atoms with van der Waals surface area (Å²) in [6.45, 7) is 2.15. The van der Waals surface area contributed by atoms with Gasteiger partial charge in [0.2, 0.25) is 0 Å². The van der Waals surface area contributed by atoms with E-state index in [0.717, 1.165) is 19.3 Å². The van der Waals surface area contributed by atoms with Crippen molar-refractivity contribution in [2.75, 3.05) is 5.32 Å². The van der Waals surface area contributed by atoms with Crippen molar-refractivity contribution in [2.24, 2.45) is 5.92 Å². The van der Waals surface area contributed by atoms with E-state index in [2.05, 4.69) is 17.6 Å². The number of nitriles is 1. The van der Waals surface area contributed by atoms with Gasteiger partial charge in [0.1, 0.15) is 11.6 Å². The zero-order chi connectivity index (χ0) is 17.5. The quantitative estimate of drug-likeness (QED) is 0.374. The SMILES string of the molecule is CC1CCCCC1N/C=C(/C#N)C(=O)Nc1cccc([N+](=O)[O-])c1. The summed E-state index contributed by atoms with van der Waals surface area (Å²) in [4.78, 5) is 22.4. The number of rotatable bonds is 5. The van der Waals surface area contributed by atoms with Gasteiger partial charge in [-0.05, 0) is 24.8 Å². The van der Waals surface area contributed by atoms with Gasteiger partial charge in [0.05, 0.1) is 4.92 Å². The first-order valence-electron chi connectivity index (χ1n) is 7.93. The second kappa shape index (κ2) is 8.11. The van der Waals surface area contributed by atoms with Gasteiger partial charge in [-0.2, -0.15) is 5.26 Å². The molecule has 24 heavy (non-hydrogen) atoms. The lowest BCUT2D eigenvalue weighted by Gasteiger charge is -2.29. The second-order valence-electron chi connectivity index (χ2n) is 5.97. The number of nitro groups is 1. The van der Waals surface area contributed by atoms with E-state index in [1.54, 1.807) is 0 Å². The highest BCUT2D eigenvalue weighted by Crippen LogP contribution is 2.24. The number of carbonyl (C=O) groups is 1. The predicted octanol–water partition coefficient (Wildman–Crippen LogP) is 3.11. The third-order valence-electron chi connectivity index (χ3n) is 4.23. The van der Waals surface area contributed by atoms with Gasteiger partial charge in [-0.25, -0.2) is 0 Å². The number of nitro benzene ring substituents is 1. The molecular weight excluding hydrogens is 308 g/mol. The molecule has 2 unspecified atom stereocenters. The molecule has 1 amide bonds. The zero-order valence-electron chi connectivity index (χ0n) is 13.5. The molecule has 7 nitrogen and oxygen atoms in total. The molecule has 0 aliphatic heterocycles. The summed E-state index contributed by atoms with van der Waals surface area (Å²) in [6, 6.07) is 7.73. The van der Waals surface area contributed by atoms with Gasteiger partial charge in [-0.3, -0.25) is 14.9 Å². The number of non-ortho nitro benzene ring substituents is 1. The van der Waals surface area contributed by atoms with Crippen LogP contribution < -0.4 is 10.6 Å². The van der Waals surface area contributed by atoms with Crippen LogP contribution in [0.4, 0.5) is 11.4 Å². The smallest absolute Gasteiger partial charge is 0.271 e. The van der Waals surface area contributed by atoms with E-state index in [0.29, 0.717) is 5.92 Å². The normalized spacial score (nSPS) is 20.8. The van der Waals surface area contributed by atoms with Crippen LogP contribution in [0.3, 0.4) is 0 Å². The van der Waals surface area contributed by atoms with Crippen molar-refractivity contribution in [1.82, 2.24) is 5.32 Å². The zero-order valence-corrected chi connectivity index (χ0v) is 13.5. The molecule has 1 fully saturated rings. The van der Waals surface area contributed by atoms with Crippen molar-refractivity contribution in [1.29, 1.82) is 5.26 Å². The maximum atomic E-state index is 12.2. The lowest BCUT2D eigenvalue weighted by Crippen LogP contribution is -2.34. The maximum Gasteiger partial charge on any atom is 0.271 e. The van der Waals surface area contributed by atoms with Crippen LogP contribution in [0.15, 0.2) is 36.0 Å². The lowest BCUT2D eigenvalue weighted by atomic mass is 9.86. The molecule has 0 saturated heterocycles. The molecule has 1 aromatic rings. The Hall–Kier alpha value is -2.88. The van der Waals surface area contributed by atoms with Crippen LogP contribution in [0.5, 0.6) is 0 Å². The van der Waals surface area contributed by atoms with E-state index in [1.165, 1.54) is 36.9 Å². The number of benzene rings is 1. The summed E-state index contributed by atoms with van der Waals surface area (Å²) in [5, 5.41) is 25.6. The number of amides is 1. The van der Waals surface area contributed by atoms with Crippen LogP contribution in [0.2, 0.25) is 0 Å². The van der Waals surface area contributed by atoms with Crippen LogP contribution in [-0.2, 0) is 4.79 Å². The number of anilines is 1. The third-order valence-corrected chi connectivity index (χ3v) is 4.23. The Kier molecular flexibility index (Phi) is 5.90. The number of nitrogens with one attached hydrogen (secondary N) is 2. The van der Waals surface area contributed by atoms with Gasteiger partial charge in [-0.1, -0.05) is 25.8 Å². The van der Waals surface area contributed by atoms with Crippen molar-refractivity contribution in [3.05, 3.63) is 46.2 Å². The molecular formula is C17H20N4O3. The Morgan fingerprint density at radius 3 is 2.83 bits per heavy atom. The largest absolute Gasteiger partial charge is 0.387 e. The minimum absolute atomic E-state index is 0.0562. The standard InChI is InChI=1S/C17H20N4O3/c1-12-5-2-3-8-16(12)19-11-13(10-18)17(22)20-14-6-4-7-15(9-14)21(23)24/h4,6-7,9,11-12,16,19H,2-3,5,8H2,1H3,(H,20,22)/b13-11-. The van der Waals surface area contributed by atoms with Crippen molar-refractivity contribution in [3.63, 3.8) is 0 Å². The first-order valence-corrected chi connectivity index (χ1v) is 7.93. The summed E-state index contributed by atoms with van der Waals surface area (Å²) < 4.78 is 0. The number of carbonyl (C=O) groups excluding carboxylic acids is 1. The first-order chi connectivity index (χ1) is 11.5. The van der Waals surface area contributed by atoms with E-state index in [1.807, 2.05) is 6.07 Å². The Labute approximate surface area is 140 Å². The molecule has 2 rings (SSSR count). The fourth-order valence-electron chi connectivity index (χ4n) is 2.80. The average molecular weight is 328 g/mol. The monoisotopic (exact) mass is 328 g/mol. The highest BCUT2D eigenvalue weighted by Gasteiger charge is 2.20. The molecule has 2 atom stereocenters. The number of nitrogens with zero attached hydrogens (tertiary/aromatic N) is 2. The topological polar surface area (TPSA) is 108 Å². The maximum absolute atomic E-state index is 12.2. The molecule has 1 saturated carbocycles. The van der Waals surface area contributed by atoms with Crippen molar-refractivity contribution < 1.29 is 9.72 Å². The lowest BCUT2D eigenvalue weighted by molar-refractivity contribution is -0.384. The Bertz CT molecular complexity index is 693. The van der Waals surface area contributed by atoms with Gasteiger partial charge in [0, 0.05) is 30.1 Å². The second-order valence-corrected chi connectivity index (χ2v) is 5.97. The van der Waals surface area contributed by atoms with Gasteiger partial charge in [0.25, 0.3) is 11.6 Å². The predicted molar refractivity (Wildman–Crippen MR) is 90.0 cm³/mol. The Morgan fingerprint density at radius 2 is 2.17 bits per heavy atom. The summed E-state index contributed by atoms with van der Waals surface area (Å²) in [7, 11) is 0. The molecule has 0 radical (unpaired) electrons. The van der Waals surface area contributed by atoms with Gasteiger partial charge in [0.15, 0.2) is 0 Å². The summed E-state index contributed by atoms with van der Waals surface area (Å²) in [5.74, 6) is -0.0938. The minimum Gasteiger partial charge on any atom is -0.387 e. The Balaban J connectivity index is 2.03. The van der Waals surface area contributed by atoms with Crippen molar-refractivity contribution >= 4 is 17.3 Å². The number of hydrogen-bond donors (Lipinski definition) is 2. The van der Waals surface area contributed by atoms with Crippen LogP contribution in [-0.4, -0.2) is 16.9 Å². The van der Waals surface area contributed by atoms with E-state index in [9.17, 15) is 20.2 Å².